The van der Waals surface area contributed by atoms with Gasteiger partial charge in [0.25, 0.3) is 0 Å². The van der Waals surface area contributed by atoms with Crippen LogP contribution in [0.15, 0.2) is 24.5 Å². The number of rotatable bonds is 7. The Morgan fingerprint density at radius 3 is 2.67 bits per heavy atom. The Morgan fingerprint density at radius 1 is 1.27 bits per heavy atom. The molecule has 0 aliphatic rings. The number of hydrogen-bond acceptors (Lipinski definition) is 1. The molecule has 1 N–H and O–H groups in total. The van der Waals surface area contributed by atoms with E-state index in [-0.39, 0.29) is 5.91 Å². The van der Waals surface area contributed by atoms with Crippen LogP contribution in [-0.4, -0.2) is 22.9 Å². The van der Waals surface area contributed by atoms with Crippen LogP contribution in [0.4, 0.5) is 0 Å². The summed E-state index contributed by atoms with van der Waals surface area (Å²) >= 11 is 5.49. The molecular weight excluding hydrogens is 212 g/mol. The Hall–Kier alpha value is -0.960. The normalized spacial score (nSPS) is 10.2. The summed E-state index contributed by atoms with van der Waals surface area (Å²) < 4.78 is 2.10. The highest BCUT2D eigenvalue weighted by Crippen LogP contribution is 1.94. The monoisotopic (exact) mass is 228 g/mol. The van der Waals surface area contributed by atoms with Gasteiger partial charge in [-0.15, -0.1) is 11.6 Å². The van der Waals surface area contributed by atoms with Crippen LogP contribution in [0.1, 0.15) is 19.3 Å². The van der Waals surface area contributed by atoms with Crippen LogP contribution < -0.4 is 5.32 Å². The average molecular weight is 229 g/mol. The van der Waals surface area contributed by atoms with Crippen LogP contribution in [0, 0.1) is 0 Å². The van der Waals surface area contributed by atoms with Gasteiger partial charge in [-0.05, 0) is 25.0 Å². The molecule has 0 saturated heterocycles. The topological polar surface area (TPSA) is 34.0 Å². The fourth-order valence-electron chi connectivity index (χ4n) is 1.32. The molecule has 0 radical (unpaired) electrons. The Bertz CT molecular complexity index is 272. The van der Waals surface area contributed by atoms with Crippen molar-refractivity contribution in [3.8, 4) is 0 Å². The number of nitrogens with zero attached hydrogens (tertiary/aromatic N) is 1. The lowest BCUT2D eigenvalue weighted by molar-refractivity contribution is -0.121. The molecule has 84 valence electrons. The van der Waals surface area contributed by atoms with E-state index in [9.17, 15) is 4.79 Å². The van der Waals surface area contributed by atoms with E-state index in [1.165, 1.54) is 0 Å². The van der Waals surface area contributed by atoms with E-state index in [0.717, 1.165) is 25.9 Å². The Balaban J connectivity index is 1.99. The summed E-state index contributed by atoms with van der Waals surface area (Å²) in [6, 6.07) is 4.00. The fourth-order valence-corrected chi connectivity index (χ4v) is 1.46. The Labute approximate surface area is 95.4 Å². The molecule has 0 bridgehead atoms. The smallest absolute Gasteiger partial charge is 0.220 e. The minimum Gasteiger partial charge on any atom is -0.356 e. The van der Waals surface area contributed by atoms with Crippen LogP contribution in [0.25, 0.3) is 0 Å². The Kier molecular flexibility index (Phi) is 5.93. The van der Waals surface area contributed by atoms with Gasteiger partial charge in [-0.1, -0.05) is 0 Å². The first kappa shape index (κ1) is 12.1. The predicted octanol–water partition coefficient (Wildman–Crippen LogP) is 2.01. The lowest BCUT2D eigenvalue weighted by atomic mass is 10.3. The maximum absolute atomic E-state index is 11.2. The molecule has 0 spiro atoms. The molecule has 0 aliphatic heterocycles. The highest BCUT2D eigenvalue weighted by Gasteiger charge is 1.98. The summed E-state index contributed by atoms with van der Waals surface area (Å²) in [5.41, 5.74) is 0. The second-order valence-corrected chi connectivity index (χ2v) is 3.79. The molecule has 0 atom stereocenters. The summed E-state index contributed by atoms with van der Waals surface area (Å²) in [6.45, 7) is 1.68. The van der Waals surface area contributed by atoms with Gasteiger partial charge in [-0.2, -0.15) is 0 Å². The third-order valence-corrected chi connectivity index (χ3v) is 2.39. The molecule has 0 saturated carbocycles. The first-order chi connectivity index (χ1) is 7.33. The van der Waals surface area contributed by atoms with E-state index in [1.807, 2.05) is 24.5 Å². The zero-order valence-corrected chi connectivity index (χ0v) is 9.54. The van der Waals surface area contributed by atoms with Crippen molar-refractivity contribution in [2.75, 3.05) is 12.4 Å². The molecule has 0 aromatic carbocycles. The van der Waals surface area contributed by atoms with Crippen LogP contribution in [0.3, 0.4) is 0 Å². The maximum atomic E-state index is 11.2. The van der Waals surface area contributed by atoms with E-state index in [0.29, 0.717) is 12.3 Å². The standard InChI is InChI=1S/C11H17ClN2O/c12-6-3-5-11(15)13-7-4-10-14-8-1-2-9-14/h1-2,8-9H,3-7,10H2,(H,13,15). The van der Waals surface area contributed by atoms with Crippen LogP contribution in [-0.2, 0) is 11.3 Å². The molecule has 4 heteroatoms. The number of amides is 1. The van der Waals surface area contributed by atoms with Gasteiger partial charge in [0.15, 0.2) is 0 Å². The highest BCUT2D eigenvalue weighted by atomic mass is 35.5. The van der Waals surface area contributed by atoms with Crippen molar-refractivity contribution in [2.24, 2.45) is 0 Å². The summed E-state index contributed by atoms with van der Waals surface area (Å²) in [4.78, 5) is 11.2. The molecule has 1 aromatic rings. The van der Waals surface area contributed by atoms with Gasteiger partial charge in [0.1, 0.15) is 0 Å². The van der Waals surface area contributed by atoms with E-state index in [1.54, 1.807) is 0 Å². The van der Waals surface area contributed by atoms with Gasteiger partial charge < -0.3 is 9.88 Å². The van der Waals surface area contributed by atoms with Gasteiger partial charge in [-0.25, -0.2) is 0 Å². The second-order valence-electron chi connectivity index (χ2n) is 3.42. The van der Waals surface area contributed by atoms with Crippen molar-refractivity contribution in [1.29, 1.82) is 0 Å². The number of aromatic nitrogens is 1. The zero-order valence-electron chi connectivity index (χ0n) is 8.79. The third-order valence-electron chi connectivity index (χ3n) is 2.12. The van der Waals surface area contributed by atoms with E-state index in [4.69, 9.17) is 11.6 Å². The van der Waals surface area contributed by atoms with Gasteiger partial charge in [0, 0.05) is 37.8 Å². The van der Waals surface area contributed by atoms with Gasteiger partial charge in [0.05, 0.1) is 0 Å². The van der Waals surface area contributed by atoms with Crippen molar-refractivity contribution in [3.05, 3.63) is 24.5 Å². The minimum absolute atomic E-state index is 0.100. The lowest BCUT2D eigenvalue weighted by Crippen LogP contribution is -2.24. The van der Waals surface area contributed by atoms with Crippen molar-refractivity contribution >= 4 is 17.5 Å². The molecule has 1 aromatic heterocycles. The SMILES string of the molecule is O=C(CCCCl)NCCCn1cccc1. The van der Waals surface area contributed by atoms with Crippen molar-refractivity contribution in [2.45, 2.75) is 25.8 Å². The molecule has 1 heterocycles. The van der Waals surface area contributed by atoms with Crippen LogP contribution in [0.5, 0.6) is 0 Å². The number of nitrogens with one attached hydrogen (secondary N) is 1. The second kappa shape index (κ2) is 7.35. The van der Waals surface area contributed by atoms with E-state index in [2.05, 4.69) is 9.88 Å². The molecule has 1 rings (SSSR count). The minimum atomic E-state index is 0.100. The lowest BCUT2D eigenvalue weighted by Gasteiger charge is -2.05. The van der Waals surface area contributed by atoms with E-state index < -0.39 is 0 Å². The molecule has 1 amide bonds. The summed E-state index contributed by atoms with van der Waals surface area (Å²) in [5.74, 6) is 0.653. The molecule has 3 nitrogen and oxygen atoms in total. The number of hydrogen-bond donors (Lipinski definition) is 1. The first-order valence-electron chi connectivity index (χ1n) is 5.26. The molecule has 0 aliphatic carbocycles. The summed E-state index contributed by atoms with van der Waals surface area (Å²) in [6.07, 6.45) is 6.30. The molecule has 15 heavy (non-hydrogen) atoms. The molecule has 0 fully saturated rings. The van der Waals surface area contributed by atoms with E-state index >= 15 is 0 Å². The van der Waals surface area contributed by atoms with Crippen molar-refractivity contribution in [3.63, 3.8) is 0 Å². The summed E-state index contributed by atoms with van der Waals surface area (Å²) in [5, 5.41) is 2.87. The number of carbonyl (C=O) groups excluding carboxylic acids is 1. The first-order valence-corrected chi connectivity index (χ1v) is 5.80. The number of aryl methyl sites for hydroxylation is 1. The van der Waals surface area contributed by atoms with Crippen LogP contribution >= 0.6 is 11.6 Å². The zero-order chi connectivity index (χ0) is 10.9. The third kappa shape index (κ3) is 5.47. The fraction of sp³-hybridized carbons (Fsp3) is 0.545. The maximum Gasteiger partial charge on any atom is 0.220 e. The quantitative estimate of drug-likeness (QED) is 0.562. The largest absolute Gasteiger partial charge is 0.356 e. The number of alkyl halides is 1. The number of halogens is 1. The average Bonchev–Trinajstić information content (AvgIpc) is 2.74. The summed E-state index contributed by atoms with van der Waals surface area (Å²) in [7, 11) is 0. The van der Waals surface area contributed by atoms with Gasteiger partial charge in [-0.3, -0.25) is 4.79 Å². The number of carbonyl (C=O) groups is 1. The predicted molar refractivity (Wildman–Crippen MR) is 62.0 cm³/mol. The van der Waals surface area contributed by atoms with Crippen LogP contribution in [0.2, 0.25) is 0 Å². The van der Waals surface area contributed by atoms with Crippen molar-refractivity contribution < 1.29 is 4.79 Å². The Morgan fingerprint density at radius 2 is 2.00 bits per heavy atom. The highest BCUT2D eigenvalue weighted by molar-refractivity contribution is 6.17. The van der Waals surface area contributed by atoms with Gasteiger partial charge in [0.2, 0.25) is 5.91 Å². The van der Waals surface area contributed by atoms with Gasteiger partial charge >= 0.3 is 0 Å². The molecule has 0 unspecified atom stereocenters. The van der Waals surface area contributed by atoms with Crippen molar-refractivity contribution in [1.82, 2.24) is 9.88 Å². The molecular formula is C11H17ClN2O.